The predicted molar refractivity (Wildman–Crippen MR) is 51.1 cm³/mol. The van der Waals surface area contributed by atoms with Crippen molar-refractivity contribution in [3.63, 3.8) is 0 Å². The van der Waals surface area contributed by atoms with Crippen LogP contribution in [0.3, 0.4) is 0 Å². The van der Waals surface area contributed by atoms with Gasteiger partial charge < -0.3 is 5.73 Å². The molecule has 13 heavy (non-hydrogen) atoms. The van der Waals surface area contributed by atoms with E-state index in [2.05, 4.69) is 0 Å². The van der Waals surface area contributed by atoms with Gasteiger partial charge in [0.25, 0.3) is 0 Å². The third-order valence-corrected chi connectivity index (χ3v) is 2.79. The Kier molecular flexibility index (Phi) is 2.26. The van der Waals surface area contributed by atoms with Gasteiger partial charge in [0.2, 0.25) is 0 Å². The molecule has 0 aromatic heterocycles. The average molecular weight is 200 g/mol. The highest BCUT2D eigenvalue weighted by molar-refractivity contribution is 6.31. The van der Waals surface area contributed by atoms with Crippen LogP contribution in [0.2, 0.25) is 5.02 Å². The third-order valence-electron chi connectivity index (χ3n) is 2.46. The van der Waals surface area contributed by atoms with Crippen LogP contribution in [0.5, 0.6) is 0 Å². The van der Waals surface area contributed by atoms with Crippen molar-refractivity contribution < 1.29 is 4.39 Å². The molecule has 2 rings (SSSR count). The van der Waals surface area contributed by atoms with Gasteiger partial charge in [0.15, 0.2) is 0 Å². The topological polar surface area (TPSA) is 26.0 Å². The molecule has 1 aromatic rings. The molecule has 1 fully saturated rings. The Bertz CT molecular complexity index is 302. The number of hydrogen-bond donors (Lipinski definition) is 1. The molecule has 1 aliphatic rings. The first-order chi connectivity index (χ1) is 6.20. The lowest BCUT2D eigenvalue weighted by atomic mass is 10.0. The molecule has 3 heteroatoms. The largest absolute Gasteiger partial charge is 0.324 e. The van der Waals surface area contributed by atoms with Gasteiger partial charge in [0, 0.05) is 16.6 Å². The minimum atomic E-state index is -0.285. The molecule has 0 bridgehead atoms. The molecule has 0 spiro atoms. The van der Waals surface area contributed by atoms with Crippen molar-refractivity contribution in [2.75, 3.05) is 0 Å². The van der Waals surface area contributed by atoms with Crippen molar-refractivity contribution in [1.29, 1.82) is 0 Å². The molecule has 0 heterocycles. The quantitative estimate of drug-likeness (QED) is 0.779. The summed E-state index contributed by atoms with van der Waals surface area (Å²) in [5.41, 5.74) is 6.36. The van der Waals surface area contributed by atoms with Crippen LogP contribution in [0.15, 0.2) is 18.2 Å². The van der Waals surface area contributed by atoms with E-state index in [0.29, 0.717) is 16.5 Å². The molecular formula is C10H11ClFN. The fourth-order valence-corrected chi connectivity index (χ4v) is 1.81. The van der Waals surface area contributed by atoms with E-state index in [1.807, 2.05) is 0 Å². The Labute approximate surface area is 81.7 Å². The highest BCUT2D eigenvalue weighted by Gasteiger charge is 2.32. The van der Waals surface area contributed by atoms with Crippen molar-refractivity contribution in [2.45, 2.75) is 18.9 Å². The molecule has 1 aliphatic carbocycles. The molecule has 1 nitrogen and oxygen atoms in total. The first-order valence-corrected chi connectivity index (χ1v) is 4.77. The molecule has 1 atom stereocenters. The Morgan fingerprint density at radius 1 is 1.46 bits per heavy atom. The zero-order valence-electron chi connectivity index (χ0n) is 7.13. The Morgan fingerprint density at radius 3 is 2.69 bits per heavy atom. The second-order valence-electron chi connectivity index (χ2n) is 3.50. The van der Waals surface area contributed by atoms with E-state index in [-0.39, 0.29) is 11.9 Å². The molecular weight excluding hydrogens is 189 g/mol. The molecule has 0 saturated heterocycles. The lowest BCUT2D eigenvalue weighted by molar-refractivity contribution is 0.554. The van der Waals surface area contributed by atoms with Crippen LogP contribution in [-0.2, 0) is 0 Å². The summed E-state index contributed by atoms with van der Waals surface area (Å²) >= 11 is 5.88. The summed E-state index contributed by atoms with van der Waals surface area (Å²) in [6.07, 6.45) is 2.18. The zero-order chi connectivity index (χ0) is 9.42. The van der Waals surface area contributed by atoms with Crippen molar-refractivity contribution in [2.24, 2.45) is 11.7 Å². The van der Waals surface area contributed by atoms with E-state index >= 15 is 0 Å². The summed E-state index contributed by atoms with van der Waals surface area (Å²) in [5, 5.41) is 0.444. The maximum atomic E-state index is 13.3. The van der Waals surface area contributed by atoms with Gasteiger partial charge in [-0.05, 0) is 30.9 Å². The first-order valence-electron chi connectivity index (χ1n) is 4.39. The number of benzene rings is 1. The highest BCUT2D eigenvalue weighted by atomic mass is 35.5. The van der Waals surface area contributed by atoms with Gasteiger partial charge in [-0.25, -0.2) is 4.39 Å². The van der Waals surface area contributed by atoms with Crippen molar-refractivity contribution in [3.8, 4) is 0 Å². The predicted octanol–water partition coefficient (Wildman–Crippen LogP) is 2.89. The van der Waals surface area contributed by atoms with E-state index in [0.717, 1.165) is 12.8 Å². The summed E-state index contributed by atoms with van der Waals surface area (Å²) in [7, 11) is 0. The fourth-order valence-electron chi connectivity index (χ4n) is 1.52. The minimum absolute atomic E-state index is 0.228. The molecule has 1 saturated carbocycles. The summed E-state index contributed by atoms with van der Waals surface area (Å²) in [6.45, 7) is 0. The van der Waals surface area contributed by atoms with E-state index in [1.54, 1.807) is 12.1 Å². The number of hydrogen-bond acceptors (Lipinski definition) is 1. The summed E-state index contributed by atoms with van der Waals surface area (Å²) in [5.74, 6) is 0.140. The second kappa shape index (κ2) is 3.28. The van der Waals surface area contributed by atoms with Crippen LogP contribution in [0.1, 0.15) is 24.4 Å². The van der Waals surface area contributed by atoms with Crippen LogP contribution in [0.25, 0.3) is 0 Å². The van der Waals surface area contributed by atoms with Gasteiger partial charge in [-0.1, -0.05) is 17.7 Å². The van der Waals surface area contributed by atoms with Gasteiger partial charge in [-0.2, -0.15) is 0 Å². The standard InChI is InChI=1S/C10H11ClFN/c11-7-2-1-3-8(12)9(7)10(13)6-4-5-6/h1-3,6,10H,4-5,13H2. The molecule has 1 aromatic carbocycles. The van der Waals surface area contributed by atoms with E-state index in [4.69, 9.17) is 17.3 Å². The van der Waals surface area contributed by atoms with Crippen LogP contribution < -0.4 is 5.73 Å². The molecule has 0 aliphatic heterocycles. The SMILES string of the molecule is NC(c1c(F)cccc1Cl)C1CC1. The number of halogens is 2. The Morgan fingerprint density at radius 2 is 2.15 bits per heavy atom. The molecule has 0 radical (unpaired) electrons. The summed E-state index contributed by atoms with van der Waals surface area (Å²) < 4.78 is 13.3. The maximum Gasteiger partial charge on any atom is 0.129 e. The molecule has 70 valence electrons. The summed E-state index contributed by atoms with van der Waals surface area (Å²) in [4.78, 5) is 0. The zero-order valence-corrected chi connectivity index (χ0v) is 7.89. The normalized spacial score (nSPS) is 18.7. The lowest BCUT2D eigenvalue weighted by Gasteiger charge is -2.13. The number of nitrogens with two attached hydrogens (primary N) is 1. The van der Waals surface area contributed by atoms with Crippen molar-refractivity contribution >= 4 is 11.6 Å². The molecule has 0 amide bonds. The Balaban J connectivity index is 2.36. The van der Waals surface area contributed by atoms with Gasteiger partial charge in [0.05, 0.1) is 0 Å². The minimum Gasteiger partial charge on any atom is -0.324 e. The smallest absolute Gasteiger partial charge is 0.129 e. The van der Waals surface area contributed by atoms with Gasteiger partial charge in [0.1, 0.15) is 5.82 Å². The third kappa shape index (κ3) is 1.69. The second-order valence-corrected chi connectivity index (χ2v) is 3.91. The van der Waals surface area contributed by atoms with Crippen LogP contribution in [0, 0.1) is 11.7 Å². The first kappa shape index (κ1) is 8.97. The van der Waals surface area contributed by atoms with Gasteiger partial charge in [-0.3, -0.25) is 0 Å². The van der Waals surface area contributed by atoms with Crippen LogP contribution in [0.4, 0.5) is 4.39 Å². The van der Waals surface area contributed by atoms with Crippen molar-refractivity contribution in [1.82, 2.24) is 0 Å². The monoisotopic (exact) mass is 199 g/mol. The van der Waals surface area contributed by atoms with E-state index < -0.39 is 0 Å². The fraction of sp³-hybridized carbons (Fsp3) is 0.400. The van der Waals surface area contributed by atoms with E-state index in [1.165, 1.54) is 6.07 Å². The lowest BCUT2D eigenvalue weighted by Crippen LogP contribution is -2.14. The molecule has 1 unspecified atom stereocenters. The van der Waals surface area contributed by atoms with Gasteiger partial charge >= 0.3 is 0 Å². The molecule has 2 N–H and O–H groups in total. The maximum absolute atomic E-state index is 13.3. The average Bonchev–Trinajstić information content (AvgIpc) is 2.85. The number of rotatable bonds is 2. The Hall–Kier alpha value is -0.600. The summed E-state index contributed by atoms with van der Waals surface area (Å²) in [6, 6.07) is 4.46. The van der Waals surface area contributed by atoms with Crippen LogP contribution in [-0.4, -0.2) is 0 Å². The highest BCUT2D eigenvalue weighted by Crippen LogP contribution is 2.42. The van der Waals surface area contributed by atoms with E-state index in [9.17, 15) is 4.39 Å². The van der Waals surface area contributed by atoms with Crippen LogP contribution >= 0.6 is 11.6 Å². The van der Waals surface area contributed by atoms with Gasteiger partial charge in [-0.15, -0.1) is 0 Å². The van der Waals surface area contributed by atoms with Crippen molar-refractivity contribution in [3.05, 3.63) is 34.6 Å².